The second-order valence-electron chi connectivity index (χ2n) is 16.0. The zero-order valence-electron chi connectivity index (χ0n) is 33.9. The predicted molar refractivity (Wildman–Crippen MR) is 260 cm³/mol. The van der Waals surface area contributed by atoms with Gasteiger partial charge in [0.15, 0.2) is 0 Å². The fourth-order valence-electron chi connectivity index (χ4n) is 9.36. The Morgan fingerprint density at radius 3 is 1.13 bits per heavy atom. The van der Waals surface area contributed by atoms with Gasteiger partial charge in [0.05, 0.1) is 33.5 Å². The van der Waals surface area contributed by atoms with Crippen LogP contribution in [0.4, 0.5) is 0 Å². The molecule has 3 heteroatoms. The molecule has 0 aliphatic carbocycles. The molecule has 0 N–H and O–H groups in total. The van der Waals surface area contributed by atoms with E-state index in [1.54, 1.807) is 0 Å². The Balaban J connectivity index is 1.03. The summed E-state index contributed by atoms with van der Waals surface area (Å²) in [4.78, 5) is 5.30. The lowest BCUT2D eigenvalue weighted by Crippen LogP contribution is -1.99. The van der Waals surface area contributed by atoms with Gasteiger partial charge in [-0.1, -0.05) is 182 Å². The summed E-state index contributed by atoms with van der Waals surface area (Å²) in [5, 5.41) is 4.91. The number of hydrogen-bond acceptors (Lipinski definition) is 1. The highest BCUT2D eigenvalue weighted by atomic mass is 15.0. The first-order valence-electron chi connectivity index (χ1n) is 21.2. The van der Waals surface area contributed by atoms with Gasteiger partial charge >= 0.3 is 0 Å². The minimum Gasteiger partial charge on any atom is -0.307 e. The Kier molecular flexibility index (Phi) is 8.50. The van der Waals surface area contributed by atoms with Gasteiger partial charge in [-0.05, 0) is 88.0 Å². The Bertz CT molecular complexity index is 3580. The number of aromatic nitrogens is 3. The van der Waals surface area contributed by atoms with Crippen molar-refractivity contribution in [3.05, 3.63) is 237 Å². The number of rotatable bonds is 7. The van der Waals surface area contributed by atoms with Crippen molar-refractivity contribution in [2.24, 2.45) is 0 Å². The van der Waals surface area contributed by atoms with E-state index < -0.39 is 0 Å². The SMILES string of the molecule is c1ccc(-c2ccc(-n3c4ccccc4c4ccc5c6ccccc6n(-c6ccc(-c7cc(-c8cccc(-c9ccccc9)c8)cc(-c8ccccc8)n7)cc6)c5c43)cc2)cc1. The first-order valence-corrected chi connectivity index (χ1v) is 21.2. The Morgan fingerprint density at radius 1 is 0.242 bits per heavy atom. The average molecular weight is 790 g/mol. The highest BCUT2D eigenvalue weighted by molar-refractivity contribution is 6.23. The maximum absolute atomic E-state index is 5.30. The third-order valence-corrected chi connectivity index (χ3v) is 12.3. The van der Waals surface area contributed by atoms with Gasteiger partial charge in [-0.15, -0.1) is 0 Å². The van der Waals surface area contributed by atoms with Crippen molar-refractivity contribution in [3.8, 4) is 67.3 Å². The summed E-state index contributed by atoms with van der Waals surface area (Å²) in [7, 11) is 0. The van der Waals surface area contributed by atoms with E-state index in [0.29, 0.717) is 0 Å². The van der Waals surface area contributed by atoms with Crippen LogP contribution in [-0.2, 0) is 0 Å². The van der Waals surface area contributed by atoms with E-state index in [1.165, 1.54) is 65.9 Å². The summed E-state index contributed by atoms with van der Waals surface area (Å²) in [5.41, 5.74) is 18.1. The van der Waals surface area contributed by atoms with Gasteiger partial charge < -0.3 is 9.13 Å². The first kappa shape index (κ1) is 35.7. The molecular weight excluding hydrogens is 751 g/mol. The minimum absolute atomic E-state index is 0.932. The molecule has 0 atom stereocenters. The van der Waals surface area contributed by atoms with Gasteiger partial charge in [0, 0.05) is 44.0 Å². The van der Waals surface area contributed by atoms with Crippen LogP contribution in [0.1, 0.15) is 0 Å². The highest BCUT2D eigenvalue weighted by Crippen LogP contribution is 2.42. The fraction of sp³-hybridized carbons (Fsp3) is 0. The normalized spacial score (nSPS) is 11.5. The Hall–Kier alpha value is -8.27. The van der Waals surface area contributed by atoms with E-state index in [1.807, 2.05) is 0 Å². The Morgan fingerprint density at radius 2 is 0.613 bits per heavy atom. The third-order valence-electron chi connectivity index (χ3n) is 12.3. The molecule has 0 amide bonds. The van der Waals surface area contributed by atoms with E-state index in [0.717, 1.165) is 45.0 Å². The molecule has 3 heterocycles. The van der Waals surface area contributed by atoms with Crippen LogP contribution >= 0.6 is 0 Å². The number of nitrogens with zero attached hydrogens (tertiary/aromatic N) is 3. The standard InChI is InChI=1S/C59H39N3/c1-4-15-40(16-5-1)42-27-31-48(32-28-42)61-56-25-12-10-23-50(56)52-35-36-53-51-24-11-13-26-57(51)62(59(53)58(52)61)49-33-29-44(30-34-49)55-39-47(38-54(60-55)43-19-8-3-9-20-43)46-22-14-21-45(37-46)41-17-6-2-7-18-41/h1-39H. The van der Waals surface area contributed by atoms with Crippen molar-refractivity contribution in [1.82, 2.24) is 14.1 Å². The number of fused-ring (bicyclic) bond motifs is 7. The number of benzene rings is 9. The van der Waals surface area contributed by atoms with Crippen molar-refractivity contribution in [3.63, 3.8) is 0 Å². The molecule has 0 spiro atoms. The number of hydrogen-bond donors (Lipinski definition) is 0. The predicted octanol–water partition coefficient (Wildman–Crippen LogP) is 15.6. The molecule has 0 unspecified atom stereocenters. The maximum Gasteiger partial charge on any atom is 0.0788 e. The first-order chi connectivity index (χ1) is 30.7. The molecule has 0 saturated heterocycles. The van der Waals surface area contributed by atoms with Gasteiger partial charge in [0.1, 0.15) is 0 Å². The monoisotopic (exact) mass is 789 g/mol. The van der Waals surface area contributed by atoms with Crippen LogP contribution in [-0.4, -0.2) is 14.1 Å². The lowest BCUT2D eigenvalue weighted by molar-refractivity contribution is 1.15. The number of para-hydroxylation sites is 2. The molecule has 0 saturated carbocycles. The van der Waals surface area contributed by atoms with Crippen molar-refractivity contribution in [1.29, 1.82) is 0 Å². The quantitative estimate of drug-likeness (QED) is 0.158. The summed E-state index contributed by atoms with van der Waals surface area (Å²) in [5.74, 6) is 0. The molecule has 62 heavy (non-hydrogen) atoms. The largest absolute Gasteiger partial charge is 0.307 e. The molecule has 290 valence electrons. The maximum atomic E-state index is 5.30. The minimum atomic E-state index is 0.932. The molecule has 0 radical (unpaired) electrons. The summed E-state index contributed by atoms with van der Waals surface area (Å²) in [6.45, 7) is 0. The topological polar surface area (TPSA) is 22.8 Å². The van der Waals surface area contributed by atoms with E-state index >= 15 is 0 Å². The molecule has 0 fully saturated rings. The van der Waals surface area contributed by atoms with Gasteiger partial charge in [-0.3, -0.25) is 0 Å². The molecule has 12 rings (SSSR count). The van der Waals surface area contributed by atoms with Crippen molar-refractivity contribution >= 4 is 43.6 Å². The Labute approximate surface area is 360 Å². The molecular formula is C59H39N3. The van der Waals surface area contributed by atoms with Gasteiger partial charge in [-0.25, -0.2) is 4.98 Å². The van der Waals surface area contributed by atoms with Crippen LogP contribution in [0.3, 0.4) is 0 Å². The zero-order valence-corrected chi connectivity index (χ0v) is 33.9. The third kappa shape index (κ3) is 6.02. The molecule has 3 nitrogen and oxygen atoms in total. The van der Waals surface area contributed by atoms with E-state index in [4.69, 9.17) is 4.98 Å². The van der Waals surface area contributed by atoms with Crippen LogP contribution in [0, 0.1) is 0 Å². The second kappa shape index (κ2) is 14.8. The lowest BCUT2D eigenvalue weighted by Gasteiger charge is -2.14. The smallest absolute Gasteiger partial charge is 0.0788 e. The highest BCUT2D eigenvalue weighted by Gasteiger charge is 2.21. The molecule has 3 aromatic heterocycles. The molecule has 0 bridgehead atoms. The molecule has 0 aliphatic rings. The fourth-order valence-corrected chi connectivity index (χ4v) is 9.36. The van der Waals surface area contributed by atoms with Crippen LogP contribution < -0.4 is 0 Å². The van der Waals surface area contributed by atoms with Crippen LogP contribution in [0.2, 0.25) is 0 Å². The van der Waals surface area contributed by atoms with Crippen molar-refractivity contribution in [2.45, 2.75) is 0 Å². The van der Waals surface area contributed by atoms with Crippen LogP contribution in [0.15, 0.2) is 237 Å². The summed E-state index contributed by atoms with van der Waals surface area (Å²) < 4.78 is 4.91. The second-order valence-corrected chi connectivity index (χ2v) is 16.0. The van der Waals surface area contributed by atoms with Crippen molar-refractivity contribution < 1.29 is 0 Å². The number of pyridine rings is 1. The molecule has 0 aliphatic heterocycles. The average Bonchev–Trinajstić information content (AvgIpc) is 3.88. The van der Waals surface area contributed by atoms with Crippen molar-refractivity contribution in [2.75, 3.05) is 0 Å². The van der Waals surface area contributed by atoms with E-state index in [-0.39, 0.29) is 0 Å². The summed E-state index contributed by atoms with van der Waals surface area (Å²) in [6, 6.07) is 85.1. The molecule has 9 aromatic carbocycles. The lowest BCUT2D eigenvalue weighted by atomic mass is 9.96. The van der Waals surface area contributed by atoms with Gasteiger partial charge in [0.2, 0.25) is 0 Å². The molecule has 12 aromatic rings. The van der Waals surface area contributed by atoms with E-state index in [9.17, 15) is 0 Å². The zero-order chi connectivity index (χ0) is 41.0. The van der Waals surface area contributed by atoms with E-state index in [2.05, 4.69) is 246 Å². The van der Waals surface area contributed by atoms with Gasteiger partial charge in [-0.2, -0.15) is 0 Å². The van der Waals surface area contributed by atoms with Crippen LogP contribution in [0.5, 0.6) is 0 Å². The van der Waals surface area contributed by atoms with Crippen LogP contribution in [0.25, 0.3) is 111 Å². The summed E-state index contributed by atoms with van der Waals surface area (Å²) in [6.07, 6.45) is 0. The van der Waals surface area contributed by atoms with Gasteiger partial charge in [0.25, 0.3) is 0 Å². The summed E-state index contributed by atoms with van der Waals surface area (Å²) >= 11 is 0.